The second-order valence-electron chi connectivity index (χ2n) is 2.85. The van der Waals surface area contributed by atoms with Gasteiger partial charge < -0.3 is 4.90 Å². The van der Waals surface area contributed by atoms with E-state index in [2.05, 4.69) is 22.6 Å². The van der Waals surface area contributed by atoms with Gasteiger partial charge in [-0.05, 0) is 6.42 Å². The summed E-state index contributed by atoms with van der Waals surface area (Å²) in [4.78, 5) is 13.1. The van der Waals surface area contributed by atoms with E-state index in [0.29, 0.717) is 9.83 Å². The van der Waals surface area contributed by atoms with E-state index < -0.39 is 0 Å². The molecule has 0 spiro atoms. The van der Waals surface area contributed by atoms with Gasteiger partial charge in [0.15, 0.2) is 0 Å². The molecule has 58 valence electrons. The van der Waals surface area contributed by atoms with Crippen LogP contribution in [0.1, 0.15) is 13.3 Å². The van der Waals surface area contributed by atoms with E-state index in [0.717, 1.165) is 13.0 Å². The van der Waals surface area contributed by atoms with Gasteiger partial charge in [0.2, 0.25) is 5.91 Å². The first-order valence-corrected chi connectivity index (χ1v) is 4.76. The molecule has 1 fully saturated rings. The quantitative estimate of drug-likeness (QED) is 0.470. The molecule has 1 heterocycles. The number of likely N-dealkylation sites (tertiary alicyclic amines) is 1. The Hall–Kier alpha value is 0.200. The minimum absolute atomic E-state index is 0.222. The molecule has 2 nitrogen and oxygen atoms in total. The summed E-state index contributed by atoms with van der Waals surface area (Å²) >= 11 is 2.36. The maximum Gasteiger partial charge on any atom is 0.226 e. The van der Waals surface area contributed by atoms with E-state index in [1.165, 1.54) is 0 Å². The Labute approximate surface area is 75.1 Å². The van der Waals surface area contributed by atoms with Gasteiger partial charge in [0.25, 0.3) is 0 Å². The van der Waals surface area contributed by atoms with Crippen molar-refractivity contribution in [3.8, 4) is 0 Å². The van der Waals surface area contributed by atoms with E-state index in [9.17, 15) is 4.79 Å². The molecule has 0 N–H and O–H groups in total. The van der Waals surface area contributed by atoms with Gasteiger partial charge >= 0.3 is 0 Å². The summed E-state index contributed by atoms with van der Waals surface area (Å²) in [5, 5.41) is 0. The molecule has 10 heavy (non-hydrogen) atoms. The predicted octanol–water partition coefficient (Wildman–Crippen LogP) is 1.29. The first kappa shape index (κ1) is 8.30. The fourth-order valence-electron chi connectivity index (χ4n) is 1.18. The Balaban J connectivity index is 2.60. The Bertz CT molecular complexity index is 149. The minimum atomic E-state index is 0.222. The maximum atomic E-state index is 11.3. The average Bonchev–Trinajstić information content (AvgIpc) is 1.93. The number of carbonyl (C=O) groups is 1. The van der Waals surface area contributed by atoms with Crippen molar-refractivity contribution in [2.45, 2.75) is 17.3 Å². The van der Waals surface area contributed by atoms with Crippen LogP contribution in [0.2, 0.25) is 0 Å². The summed E-state index contributed by atoms with van der Waals surface area (Å²) < 4.78 is 0.543. The van der Waals surface area contributed by atoms with Gasteiger partial charge in [-0.1, -0.05) is 29.5 Å². The first-order chi connectivity index (χ1) is 4.63. The third-order valence-electron chi connectivity index (χ3n) is 2.05. The highest BCUT2D eigenvalue weighted by Gasteiger charge is 2.29. The lowest BCUT2D eigenvalue weighted by atomic mass is 10.00. The van der Waals surface area contributed by atoms with Crippen LogP contribution in [-0.2, 0) is 4.79 Å². The standard InChI is InChI=1S/C7H12INO/c1-5-6(8)3-4-9(2)7(5)10/h5-6H,3-4H2,1-2H3. The van der Waals surface area contributed by atoms with E-state index in [1.54, 1.807) is 0 Å². The second kappa shape index (κ2) is 3.07. The number of piperidine rings is 1. The molecule has 1 aliphatic rings. The third kappa shape index (κ3) is 1.44. The smallest absolute Gasteiger partial charge is 0.226 e. The Morgan fingerprint density at radius 3 is 2.80 bits per heavy atom. The zero-order chi connectivity index (χ0) is 7.72. The van der Waals surface area contributed by atoms with Crippen molar-refractivity contribution in [3.05, 3.63) is 0 Å². The molecule has 0 aliphatic carbocycles. The monoisotopic (exact) mass is 253 g/mol. The summed E-state index contributed by atoms with van der Waals surface area (Å²) in [5.74, 6) is 0.519. The molecule has 0 saturated carbocycles. The van der Waals surface area contributed by atoms with Gasteiger partial charge in [0, 0.05) is 23.4 Å². The molecular weight excluding hydrogens is 241 g/mol. The van der Waals surface area contributed by atoms with Gasteiger partial charge in [-0.15, -0.1) is 0 Å². The van der Waals surface area contributed by atoms with Gasteiger partial charge in [-0.3, -0.25) is 4.79 Å². The van der Waals surface area contributed by atoms with E-state index >= 15 is 0 Å². The molecule has 0 aromatic rings. The molecule has 0 aromatic carbocycles. The van der Waals surface area contributed by atoms with Crippen molar-refractivity contribution >= 4 is 28.5 Å². The van der Waals surface area contributed by atoms with Crippen molar-refractivity contribution in [2.24, 2.45) is 5.92 Å². The van der Waals surface area contributed by atoms with Crippen LogP contribution in [0.5, 0.6) is 0 Å². The molecule has 1 aliphatic heterocycles. The maximum absolute atomic E-state index is 11.3. The summed E-state index contributed by atoms with van der Waals surface area (Å²) in [5.41, 5.74) is 0. The van der Waals surface area contributed by atoms with E-state index in [4.69, 9.17) is 0 Å². The average molecular weight is 253 g/mol. The molecule has 0 aromatic heterocycles. The minimum Gasteiger partial charge on any atom is -0.345 e. The fraction of sp³-hybridized carbons (Fsp3) is 0.857. The lowest BCUT2D eigenvalue weighted by Crippen LogP contribution is -2.42. The number of alkyl halides is 1. The highest BCUT2D eigenvalue weighted by atomic mass is 127. The van der Waals surface area contributed by atoms with Gasteiger partial charge in [-0.2, -0.15) is 0 Å². The van der Waals surface area contributed by atoms with Crippen molar-refractivity contribution in [2.75, 3.05) is 13.6 Å². The number of nitrogens with zero attached hydrogens (tertiary/aromatic N) is 1. The van der Waals surface area contributed by atoms with Crippen LogP contribution in [-0.4, -0.2) is 28.3 Å². The number of carbonyl (C=O) groups excluding carboxylic acids is 1. The van der Waals surface area contributed by atoms with Crippen molar-refractivity contribution in [3.63, 3.8) is 0 Å². The Kier molecular flexibility index (Phi) is 2.55. The highest BCUT2D eigenvalue weighted by Crippen LogP contribution is 2.23. The van der Waals surface area contributed by atoms with E-state index in [1.807, 2.05) is 18.9 Å². The molecule has 0 bridgehead atoms. The molecule has 1 amide bonds. The number of rotatable bonds is 0. The number of hydrogen-bond acceptors (Lipinski definition) is 1. The second-order valence-corrected chi connectivity index (χ2v) is 4.45. The highest BCUT2D eigenvalue weighted by molar-refractivity contribution is 14.1. The first-order valence-electron chi connectivity index (χ1n) is 3.52. The molecule has 2 unspecified atom stereocenters. The number of hydrogen-bond donors (Lipinski definition) is 0. The van der Waals surface area contributed by atoms with Crippen molar-refractivity contribution in [1.29, 1.82) is 0 Å². The van der Waals surface area contributed by atoms with Crippen molar-refractivity contribution in [1.82, 2.24) is 4.90 Å². The number of amides is 1. The molecule has 0 radical (unpaired) electrons. The number of halogens is 1. The lowest BCUT2D eigenvalue weighted by Gasteiger charge is -2.30. The summed E-state index contributed by atoms with van der Waals surface area (Å²) in [6.07, 6.45) is 1.14. The summed E-state index contributed by atoms with van der Waals surface area (Å²) in [6, 6.07) is 0. The Morgan fingerprint density at radius 1 is 1.70 bits per heavy atom. The van der Waals surface area contributed by atoms with Crippen LogP contribution in [0.3, 0.4) is 0 Å². The SMILES string of the molecule is CC1C(=O)N(C)CCC1I. The predicted molar refractivity (Wildman–Crippen MR) is 49.2 cm³/mol. The van der Waals surface area contributed by atoms with Gasteiger partial charge in [0.1, 0.15) is 0 Å². The molecule has 1 rings (SSSR count). The lowest BCUT2D eigenvalue weighted by molar-refractivity contribution is -0.135. The third-order valence-corrected chi connectivity index (χ3v) is 3.75. The van der Waals surface area contributed by atoms with Gasteiger partial charge in [0.05, 0.1) is 0 Å². The molecule has 1 saturated heterocycles. The Morgan fingerprint density at radius 2 is 2.30 bits per heavy atom. The van der Waals surface area contributed by atoms with Crippen LogP contribution in [0.4, 0.5) is 0 Å². The van der Waals surface area contributed by atoms with Crippen LogP contribution < -0.4 is 0 Å². The van der Waals surface area contributed by atoms with Crippen LogP contribution in [0.15, 0.2) is 0 Å². The molecule has 2 atom stereocenters. The molecule has 3 heteroatoms. The molecular formula is C7H12INO. The zero-order valence-electron chi connectivity index (χ0n) is 6.30. The van der Waals surface area contributed by atoms with Crippen LogP contribution in [0, 0.1) is 5.92 Å². The van der Waals surface area contributed by atoms with E-state index in [-0.39, 0.29) is 5.92 Å². The van der Waals surface area contributed by atoms with Gasteiger partial charge in [-0.25, -0.2) is 0 Å². The topological polar surface area (TPSA) is 20.3 Å². The van der Waals surface area contributed by atoms with Crippen molar-refractivity contribution < 1.29 is 4.79 Å². The summed E-state index contributed by atoms with van der Waals surface area (Å²) in [6.45, 7) is 2.94. The van der Waals surface area contributed by atoms with Crippen LogP contribution >= 0.6 is 22.6 Å². The zero-order valence-corrected chi connectivity index (χ0v) is 8.46. The normalized spacial score (nSPS) is 34.7. The largest absolute Gasteiger partial charge is 0.345 e. The van der Waals surface area contributed by atoms with Crippen LogP contribution in [0.25, 0.3) is 0 Å². The summed E-state index contributed by atoms with van der Waals surface area (Å²) in [7, 11) is 1.88. The fourth-order valence-corrected chi connectivity index (χ4v) is 1.77.